The molecule has 25 heavy (non-hydrogen) atoms. The molecule has 0 aliphatic carbocycles. The summed E-state index contributed by atoms with van der Waals surface area (Å²) in [6.45, 7) is 6.20. The van der Waals surface area contributed by atoms with Crippen molar-refractivity contribution in [2.45, 2.75) is 20.0 Å². The van der Waals surface area contributed by atoms with E-state index in [1.54, 1.807) is 18.2 Å². The maximum Gasteiger partial charge on any atom is 4.00 e. The molecular formula is C19H21Cl2NOSiTi. The Bertz CT molecular complexity index is 689. The molecule has 0 bridgehead atoms. The SMILES string of the molecule is C[Si]C.Cc1cccc(C([NH-])=O)c1.[Cl-].[Cl-].[Ti+4].c1ccc2[cH-]ccc2c1. The van der Waals surface area contributed by atoms with Gasteiger partial charge in [0.25, 0.3) is 0 Å². The molecule has 3 aromatic carbocycles. The average Bonchev–Trinajstić information content (AvgIpc) is 2.97. The Kier molecular flexibility index (Phi) is 19.0. The summed E-state index contributed by atoms with van der Waals surface area (Å²) >= 11 is 0. The zero-order valence-electron chi connectivity index (χ0n) is 14.5. The molecule has 0 aromatic heterocycles. The van der Waals surface area contributed by atoms with Gasteiger partial charge in [0.05, 0.1) is 5.91 Å². The minimum atomic E-state index is -0.622. The van der Waals surface area contributed by atoms with E-state index in [2.05, 4.69) is 55.6 Å². The third kappa shape index (κ3) is 11.3. The van der Waals surface area contributed by atoms with Crippen LogP contribution in [0.15, 0.2) is 66.7 Å². The number of nitrogens with one attached hydrogen (secondary N) is 1. The van der Waals surface area contributed by atoms with Gasteiger partial charge in [0.2, 0.25) is 0 Å². The van der Waals surface area contributed by atoms with Gasteiger partial charge in [-0.2, -0.15) is 17.5 Å². The number of aryl methyl sites for hydroxylation is 1. The Morgan fingerprint density at radius 3 is 2.08 bits per heavy atom. The third-order valence-corrected chi connectivity index (χ3v) is 2.83. The second kappa shape index (κ2) is 16.5. The largest absolute Gasteiger partial charge is 4.00 e. The standard InChI is InChI=1S/C9H7.C8H9NO.C2H6Si.2ClH.Ti/c1-2-5-9-7-3-6-8(9)4-1;1-6-3-2-4-7(5-6)8(9)10;1-3-2;;;/h1-7H;2-5H,1H3,(H2,9,10);1-2H3;2*1H;/q-1;;;;;+4/p-3. The second-order valence-electron chi connectivity index (χ2n) is 4.85. The van der Waals surface area contributed by atoms with E-state index in [-0.39, 0.29) is 46.5 Å². The Morgan fingerprint density at radius 1 is 1.00 bits per heavy atom. The van der Waals surface area contributed by atoms with E-state index in [1.165, 1.54) is 10.8 Å². The van der Waals surface area contributed by atoms with Crippen LogP contribution in [0, 0.1) is 6.92 Å². The van der Waals surface area contributed by atoms with E-state index in [1.807, 2.05) is 13.0 Å². The van der Waals surface area contributed by atoms with Crippen LogP contribution in [0.4, 0.5) is 0 Å². The van der Waals surface area contributed by atoms with Crippen molar-refractivity contribution in [2.24, 2.45) is 0 Å². The molecular weight excluding hydrogens is 405 g/mol. The summed E-state index contributed by atoms with van der Waals surface area (Å²) in [6, 6.07) is 21.7. The van der Waals surface area contributed by atoms with E-state index in [4.69, 9.17) is 5.73 Å². The Labute approximate surface area is 180 Å². The van der Waals surface area contributed by atoms with Crippen LogP contribution < -0.4 is 24.8 Å². The molecule has 0 atom stereocenters. The minimum absolute atomic E-state index is 0. The molecule has 3 rings (SSSR count). The summed E-state index contributed by atoms with van der Waals surface area (Å²) in [6.07, 6.45) is 0. The van der Waals surface area contributed by atoms with Gasteiger partial charge >= 0.3 is 21.7 Å². The van der Waals surface area contributed by atoms with Crippen molar-refractivity contribution in [1.82, 2.24) is 0 Å². The molecule has 0 saturated heterocycles. The van der Waals surface area contributed by atoms with Gasteiger partial charge in [0, 0.05) is 9.52 Å². The molecule has 0 fully saturated rings. The number of carbonyl (C=O) groups excluding carboxylic acids is 1. The van der Waals surface area contributed by atoms with Crippen LogP contribution >= 0.6 is 0 Å². The molecule has 0 aliphatic heterocycles. The number of amides is 1. The van der Waals surface area contributed by atoms with Crippen LogP contribution in [0.3, 0.4) is 0 Å². The molecule has 0 saturated carbocycles. The molecule has 3 aromatic rings. The average molecular weight is 426 g/mol. The van der Waals surface area contributed by atoms with Gasteiger partial charge < -0.3 is 35.3 Å². The van der Waals surface area contributed by atoms with Gasteiger partial charge in [-0.1, -0.05) is 49.0 Å². The molecule has 130 valence electrons. The number of benzene rings is 2. The van der Waals surface area contributed by atoms with Gasteiger partial charge in [0.1, 0.15) is 0 Å². The van der Waals surface area contributed by atoms with Crippen LogP contribution in [0.2, 0.25) is 13.1 Å². The van der Waals surface area contributed by atoms with Crippen molar-refractivity contribution >= 4 is 26.2 Å². The van der Waals surface area contributed by atoms with Gasteiger partial charge in [-0.25, -0.2) is 0 Å². The summed E-state index contributed by atoms with van der Waals surface area (Å²) in [4.78, 5) is 10.5. The van der Waals surface area contributed by atoms with Crippen molar-refractivity contribution in [3.63, 3.8) is 0 Å². The predicted octanol–water partition coefficient (Wildman–Crippen LogP) is -0.462. The molecule has 0 aliphatic rings. The monoisotopic (exact) mass is 425 g/mol. The summed E-state index contributed by atoms with van der Waals surface area (Å²) < 4.78 is 0. The number of halogens is 2. The van der Waals surface area contributed by atoms with Crippen LogP contribution in [-0.2, 0) is 21.7 Å². The first-order valence-corrected chi connectivity index (χ1v) is 9.10. The molecule has 2 nitrogen and oxygen atoms in total. The van der Waals surface area contributed by atoms with Crippen LogP contribution in [0.25, 0.3) is 16.5 Å². The zero-order chi connectivity index (χ0) is 16.4. The van der Waals surface area contributed by atoms with Crippen molar-refractivity contribution in [2.75, 3.05) is 0 Å². The molecule has 0 heterocycles. The number of hydrogen-bond donors (Lipinski definition) is 0. The first-order chi connectivity index (χ1) is 10.6. The predicted molar refractivity (Wildman–Crippen MR) is 96.9 cm³/mol. The van der Waals surface area contributed by atoms with E-state index >= 15 is 0 Å². The second-order valence-corrected chi connectivity index (χ2v) is 5.85. The molecule has 0 spiro atoms. The van der Waals surface area contributed by atoms with Crippen LogP contribution in [0.1, 0.15) is 15.9 Å². The fourth-order valence-electron chi connectivity index (χ4n) is 1.86. The van der Waals surface area contributed by atoms with Gasteiger partial charge in [-0.05, 0) is 12.5 Å². The number of rotatable bonds is 1. The normalized spacial score (nSPS) is 8.12. The van der Waals surface area contributed by atoms with E-state index in [0.29, 0.717) is 5.56 Å². The maximum atomic E-state index is 10.5. The van der Waals surface area contributed by atoms with E-state index in [9.17, 15) is 4.79 Å². The van der Waals surface area contributed by atoms with Crippen molar-refractivity contribution in [1.29, 1.82) is 0 Å². The quantitative estimate of drug-likeness (QED) is 0.384. The van der Waals surface area contributed by atoms with E-state index < -0.39 is 5.91 Å². The van der Waals surface area contributed by atoms with Crippen molar-refractivity contribution in [3.8, 4) is 0 Å². The molecule has 6 heteroatoms. The van der Waals surface area contributed by atoms with Crippen molar-refractivity contribution in [3.05, 3.63) is 83.6 Å². The molecule has 2 radical (unpaired) electrons. The van der Waals surface area contributed by atoms with Crippen molar-refractivity contribution < 1.29 is 51.3 Å². The number of fused-ring (bicyclic) bond motifs is 1. The Morgan fingerprint density at radius 2 is 1.60 bits per heavy atom. The Hall–Kier alpha value is -0.969. The molecule has 0 unspecified atom stereocenters. The fraction of sp³-hybridized carbons (Fsp3) is 0.158. The molecule has 1 N–H and O–H groups in total. The summed E-state index contributed by atoms with van der Waals surface area (Å²) in [5.74, 6) is -0.622. The minimum Gasteiger partial charge on any atom is -1.00 e. The summed E-state index contributed by atoms with van der Waals surface area (Å²) in [5.41, 5.74) is 8.25. The number of hydrogen-bond acceptors (Lipinski definition) is 1. The van der Waals surface area contributed by atoms with Crippen LogP contribution in [0.5, 0.6) is 0 Å². The molecule has 1 amide bonds. The maximum absolute atomic E-state index is 10.5. The summed E-state index contributed by atoms with van der Waals surface area (Å²) in [5, 5.41) is 2.66. The fourth-order valence-corrected chi connectivity index (χ4v) is 1.86. The smallest absolute Gasteiger partial charge is 1.00 e. The summed E-state index contributed by atoms with van der Waals surface area (Å²) in [7, 11) is 1.08. The van der Waals surface area contributed by atoms with E-state index in [0.717, 1.165) is 15.1 Å². The Balaban J connectivity index is -0.000000304. The zero-order valence-corrected chi connectivity index (χ0v) is 18.6. The number of carbonyl (C=O) groups is 1. The van der Waals surface area contributed by atoms with Gasteiger partial charge in [-0.15, -0.1) is 29.7 Å². The third-order valence-electron chi connectivity index (χ3n) is 2.83. The first kappa shape index (κ1) is 28.8. The topological polar surface area (TPSA) is 40.9 Å². The van der Waals surface area contributed by atoms with Crippen LogP contribution in [-0.4, -0.2) is 15.4 Å². The van der Waals surface area contributed by atoms with Gasteiger partial charge in [-0.3, -0.25) is 0 Å². The first-order valence-electron chi connectivity index (χ1n) is 7.10. The van der Waals surface area contributed by atoms with Gasteiger partial charge in [0.15, 0.2) is 0 Å².